The maximum Gasteiger partial charge on any atom is 0.255 e. The smallest absolute Gasteiger partial charge is 0.255 e. The SMILES string of the molecule is Cc1nc(-c2ccc(C(C)(C)C)cc2)nc(C)c1C(=O)NC(CCN)C(=O)N(C)[C@@H]1C(=O)N[C@@H](C)C(=O)N[C@H](C(=O)NCC#N)Cc2ccc(OCCN)c(c2)-c2cc1ccc2OCCN. The summed E-state index contributed by atoms with van der Waals surface area (Å²) in [6, 6.07) is 15.0. The number of nitrogens with two attached hydrogens (primary N) is 3. The molecule has 0 saturated heterocycles. The molecule has 350 valence electrons. The standard InChI is InChI=1S/C48H61N11O7/c1-27-40(28(2)55-42(54-27)31-9-12-33(13-10-31)48(4,5)6)45(62)57-36(16-17-49)47(64)59(7)41-32-11-15-39(66-23-20-52)35(26-32)34-24-30(8-14-38(34)65-22-19-51)25-37(44(61)53-21-18-50)58-43(60)29(3)56-46(41)63/h8-15,24,26,29,36-37,41H,16-17,19-23,25,49,51-52H2,1-7H3,(H,53,61)(H,56,63)(H,57,62)(H,58,60)/t29-,36?,37-,41-/m0/s1. The van der Waals surface area contributed by atoms with Gasteiger partial charge in [0.1, 0.15) is 55.4 Å². The Balaban J connectivity index is 1.57. The minimum Gasteiger partial charge on any atom is -0.492 e. The van der Waals surface area contributed by atoms with E-state index in [2.05, 4.69) is 52.0 Å². The van der Waals surface area contributed by atoms with Crippen LogP contribution < -0.4 is 47.9 Å². The molecule has 5 rings (SSSR count). The van der Waals surface area contributed by atoms with Gasteiger partial charge < -0.3 is 52.8 Å². The third kappa shape index (κ3) is 12.0. The number of aryl methyl sites for hydroxylation is 2. The van der Waals surface area contributed by atoms with Crippen LogP contribution in [0.5, 0.6) is 11.5 Å². The van der Waals surface area contributed by atoms with Gasteiger partial charge in [0.05, 0.1) is 23.0 Å². The fourth-order valence-corrected chi connectivity index (χ4v) is 7.65. The number of carbonyl (C=O) groups excluding carboxylic acids is 5. The van der Waals surface area contributed by atoms with Crippen LogP contribution in [0.1, 0.15) is 78.6 Å². The van der Waals surface area contributed by atoms with Crippen molar-refractivity contribution >= 4 is 29.5 Å². The number of hydrogen-bond acceptors (Lipinski definition) is 13. The zero-order chi connectivity index (χ0) is 48.3. The lowest BCUT2D eigenvalue weighted by Gasteiger charge is -2.32. The predicted molar refractivity (Wildman–Crippen MR) is 249 cm³/mol. The van der Waals surface area contributed by atoms with E-state index in [-0.39, 0.29) is 63.2 Å². The molecular weight excluding hydrogens is 843 g/mol. The average Bonchev–Trinajstić information content (AvgIpc) is 3.28. The molecule has 4 bridgehead atoms. The van der Waals surface area contributed by atoms with Gasteiger partial charge in [-0.05, 0) is 80.1 Å². The Labute approximate surface area is 385 Å². The van der Waals surface area contributed by atoms with Crippen LogP contribution in [0.25, 0.3) is 22.5 Å². The second-order valence-corrected chi connectivity index (χ2v) is 17.1. The van der Waals surface area contributed by atoms with Crippen LogP contribution in [0, 0.1) is 25.2 Å². The second-order valence-electron chi connectivity index (χ2n) is 17.1. The summed E-state index contributed by atoms with van der Waals surface area (Å²) >= 11 is 0. The second kappa shape index (κ2) is 22.3. The minimum atomic E-state index is -1.41. The van der Waals surface area contributed by atoms with E-state index in [1.807, 2.05) is 30.3 Å². The highest BCUT2D eigenvalue weighted by atomic mass is 16.5. The number of likely N-dealkylation sites (N-methyl/N-ethyl adjacent to an activating group) is 1. The number of nitrogens with one attached hydrogen (secondary N) is 4. The first kappa shape index (κ1) is 50.1. The van der Waals surface area contributed by atoms with E-state index in [0.29, 0.717) is 51.0 Å². The molecule has 2 heterocycles. The lowest BCUT2D eigenvalue weighted by molar-refractivity contribution is -0.141. The number of rotatable bonds is 15. The van der Waals surface area contributed by atoms with Crippen molar-refractivity contribution in [2.24, 2.45) is 17.2 Å². The third-order valence-electron chi connectivity index (χ3n) is 11.1. The number of hydrogen-bond donors (Lipinski definition) is 7. The van der Waals surface area contributed by atoms with Crippen LogP contribution in [0.2, 0.25) is 0 Å². The molecule has 0 aliphatic carbocycles. The molecule has 18 nitrogen and oxygen atoms in total. The van der Waals surface area contributed by atoms with Gasteiger partial charge in [-0.2, -0.15) is 5.26 Å². The van der Waals surface area contributed by atoms with Gasteiger partial charge in [-0.25, -0.2) is 9.97 Å². The summed E-state index contributed by atoms with van der Waals surface area (Å²) in [4.78, 5) is 81.0. The Morgan fingerprint density at radius 3 is 2.06 bits per heavy atom. The molecule has 0 spiro atoms. The zero-order valence-electron chi connectivity index (χ0n) is 38.6. The number of nitriles is 1. The summed E-state index contributed by atoms with van der Waals surface area (Å²) in [6.07, 6.45) is 0.00162. The van der Waals surface area contributed by atoms with E-state index < -0.39 is 53.7 Å². The van der Waals surface area contributed by atoms with Crippen molar-refractivity contribution in [3.8, 4) is 40.1 Å². The van der Waals surface area contributed by atoms with E-state index in [1.165, 1.54) is 18.9 Å². The summed E-state index contributed by atoms with van der Waals surface area (Å²) in [5, 5.41) is 19.9. The van der Waals surface area contributed by atoms with Crippen molar-refractivity contribution < 1.29 is 33.4 Å². The highest BCUT2D eigenvalue weighted by molar-refractivity contribution is 6.00. The maximum absolute atomic E-state index is 14.7. The van der Waals surface area contributed by atoms with Crippen molar-refractivity contribution in [2.75, 3.05) is 46.4 Å². The van der Waals surface area contributed by atoms with E-state index in [0.717, 1.165) is 11.1 Å². The lowest BCUT2D eigenvalue weighted by atomic mass is 9.86. The Bertz CT molecular complexity index is 2440. The highest BCUT2D eigenvalue weighted by Crippen LogP contribution is 2.40. The summed E-state index contributed by atoms with van der Waals surface area (Å²) in [7, 11) is 1.42. The van der Waals surface area contributed by atoms with Gasteiger partial charge in [0, 0.05) is 43.2 Å². The molecule has 1 unspecified atom stereocenters. The van der Waals surface area contributed by atoms with Crippen molar-refractivity contribution in [3.05, 3.63) is 94.3 Å². The predicted octanol–water partition coefficient (Wildman–Crippen LogP) is 2.23. The van der Waals surface area contributed by atoms with Crippen molar-refractivity contribution in [3.63, 3.8) is 0 Å². The quantitative estimate of drug-likeness (QED) is 0.0845. The van der Waals surface area contributed by atoms with Crippen LogP contribution >= 0.6 is 0 Å². The first-order valence-corrected chi connectivity index (χ1v) is 21.8. The Morgan fingerprint density at radius 2 is 1.48 bits per heavy atom. The molecule has 1 aliphatic heterocycles. The molecule has 0 fully saturated rings. The molecule has 66 heavy (non-hydrogen) atoms. The highest BCUT2D eigenvalue weighted by Gasteiger charge is 2.36. The first-order valence-electron chi connectivity index (χ1n) is 21.8. The lowest BCUT2D eigenvalue weighted by Crippen LogP contribution is -2.56. The summed E-state index contributed by atoms with van der Waals surface area (Å²) < 4.78 is 12.2. The zero-order valence-corrected chi connectivity index (χ0v) is 38.6. The molecule has 5 amide bonds. The van der Waals surface area contributed by atoms with Crippen LogP contribution in [0.4, 0.5) is 0 Å². The van der Waals surface area contributed by atoms with E-state index in [4.69, 9.17) is 31.9 Å². The number of carbonyl (C=O) groups is 5. The normalized spacial score (nSPS) is 16.7. The van der Waals surface area contributed by atoms with Crippen molar-refractivity contribution in [2.45, 2.75) is 84.0 Å². The molecule has 4 aromatic rings. The fraction of sp³-hybridized carbons (Fsp3) is 0.417. The van der Waals surface area contributed by atoms with E-state index in [9.17, 15) is 24.0 Å². The molecule has 18 heteroatoms. The van der Waals surface area contributed by atoms with Crippen molar-refractivity contribution in [1.29, 1.82) is 5.26 Å². The van der Waals surface area contributed by atoms with Gasteiger partial charge in [-0.3, -0.25) is 24.0 Å². The monoisotopic (exact) mass is 903 g/mol. The molecule has 4 atom stereocenters. The number of nitrogens with zero attached hydrogens (tertiary/aromatic N) is 4. The molecular formula is C48H61N11O7. The van der Waals surface area contributed by atoms with Gasteiger partial charge >= 0.3 is 0 Å². The molecule has 0 saturated carbocycles. The van der Waals surface area contributed by atoms with E-state index >= 15 is 0 Å². The number of fused-ring (bicyclic) bond motifs is 5. The summed E-state index contributed by atoms with van der Waals surface area (Å²) in [5.74, 6) is -2.13. The van der Waals surface area contributed by atoms with Gasteiger partial charge in [0.25, 0.3) is 5.91 Å². The minimum absolute atomic E-state index is 0.000225. The Morgan fingerprint density at radius 1 is 0.879 bits per heavy atom. The molecule has 1 aromatic heterocycles. The molecule has 0 radical (unpaired) electrons. The van der Waals surface area contributed by atoms with Crippen molar-refractivity contribution in [1.82, 2.24) is 36.1 Å². The first-order chi connectivity index (χ1) is 31.4. The maximum atomic E-state index is 14.7. The Hall–Kier alpha value is -6.94. The van der Waals surface area contributed by atoms with Gasteiger partial charge in [0.15, 0.2) is 5.82 Å². The molecule has 1 aliphatic rings. The Kier molecular flexibility index (Phi) is 16.9. The largest absolute Gasteiger partial charge is 0.492 e. The number of amides is 5. The van der Waals surface area contributed by atoms with Crippen LogP contribution in [0.3, 0.4) is 0 Å². The summed E-state index contributed by atoms with van der Waals surface area (Å²) in [5.41, 5.74) is 22.4. The van der Waals surface area contributed by atoms with Gasteiger partial charge in [-0.15, -0.1) is 0 Å². The molecule has 3 aromatic carbocycles. The van der Waals surface area contributed by atoms with Crippen LogP contribution in [-0.4, -0.2) is 109 Å². The van der Waals surface area contributed by atoms with E-state index in [1.54, 1.807) is 50.2 Å². The summed E-state index contributed by atoms with van der Waals surface area (Å²) in [6.45, 7) is 11.6. The number of benzene rings is 3. The fourth-order valence-electron chi connectivity index (χ4n) is 7.65. The molecule has 10 N–H and O–H groups in total. The number of ether oxygens (including phenoxy) is 2. The van der Waals surface area contributed by atoms with Gasteiger partial charge in [0.2, 0.25) is 23.6 Å². The number of aromatic nitrogens is 2. The van der Waals surface area contributed by atoms with Crippen LogP contribution in [0.15, 0.2) is 60.7 Å². The third-order valence-corrected chi connectivity index (χ3v) is 11.1. The average molecular weight is 904 g/mol. The van der Waals surface area contributed by atoms with Crippen LogP contribution in [-0.2, 0) is 31.0 Å². The van der Waals surface area contributed by atoms with Gasteiger partial charge in [-0.1, -0.05) is 57.2 Å². The topological polar surface area (TPSA) is 283 Å².